The zero-order valence-electron chi connectivity index (χ0n) is 11.6. The first kappa shape index (κ1) is 14.0. The van der Waals surface area contributed by atoms with Gasteiger partial charge in [-0.05, 0) is 49.9 Å². The lowest BCUT2D eigenvalue weighted by Crippen LogP contribution is -2.39. The second kappa shape index (κ2) is 6.15. The van der Waals surface area contributed by atoms with Crippen LogP contribution in [0.4, 0.5) is 10.1 Å². The first-order valence-corrected chi connectivity index (χ1v) is 6.83. The number of carbonyl (C=O) groups is 1. The van der Waals surface area contributed by atoms with Gasteiger partial charge in [0.1, 0.15) is 5.82 Å². The van der Waals surface area contributed by atoms with E-state index in [1.807, 2.05) is 0 Å². The van der Waals surface area contributed by atoms with Crippen LogP contribution in [-0.4, -0.2) is 30.4 Å². The Hall–Kier alpha value is -1.42. The van der Waals surface area contributed by atoms with Gasteiger partial charge in [-0.1, -0.05) is 13.0 Å². The number of piperidine rings is 1. The minimum absolute atomic E-state index is 0.0719. The van der Waals surface area contributed by atoms with Gasteiger partial charge in [0, 0.05) is 12.2 Å². The van der Waals surface area contributed by atoms with E-state index in [1.54, 1.807) is 19.1 Å². The van der Waals surface area contributed by atoms with Crippen LogP contribution in [0.2, 0.25) is 0 Å². The van der Waals surface area contributed by atoms with Crippen LogP contribution >= 0.6 is 0 Å². The van der Waals surface area contributed by atoms with Crippen molar-refractivity contribution in [3.05, 3.63) is 29.6 Å². The monoisotopic (exact) mass is 264 g/mol. The Labute approximate surface area is 113 Å². The maximum Gasteiger partial charge on any atom is 0.238 e. The van der Waals surface area contributed by atoms with Crippen LogP contribution in [0.15, 0.2) is 18.2 Å². The van der Waals surface area contributed by atoms with Gasteiger partial charge in [-0.2, -0.15) is 0 Å². The third-order valence-electron chi connectivity index (χ3n) is 3.56. The van der Waals surface area contributed by atoms with Crippen LogP contribution in [0.5, 0.6) is 0 Å². The van der Waals surface area contributed by atoms with Gasteiger partial charge >= 0.3 is 0 Å². The smallest absolute Gasteiger partial charge is 0.238 e. The first-order chi connectivity index (χ1) is 9.04. The van der Waals surface area contributed by atoms with E-state index < -0.39 is 0 Å². The number of hydrogen-bond donors (Lipinski definition) is 1. The fourth-order valence-corrected chi connectivity index (χ4v) is 2.50. The molecule has 1 aliphatic heterocycles. The number of aryl methyl sites for hydroxylation is 1. The molecule has 1 aliphatic rings. The van der Waals surface area contributed by atoms with Crippen molar-refractivity contribution in [1.82, 2.24) is 4.90 Å². The van der Waals surface area contributed by atoms with Gasteiger partial charge < -0.3 is 5.32 Å². The minimum atomic E-state index is -0.288. The average Bonchev–Trinajstić information content (AvgIpc) is 2.34. The fourth-order valence-electron chi connectivity index (χ4n) is 2.50. The number of anilines is 1. The first-order valence-electron chi connectivity index (χ1n) is 6.83. The largest absolute Gasteiger partial charge is 0.325 e. The van der Waals surface area contributed by atoms with Crippen molar-refractivity contribution in [3.63, 3.8) is 0 Å². The number of likely N-dealkylation sites (tertiary alicyclic amines) is 1. The number of amides is 1. The normalized spacial score (nSPS) is 20.3. The predicted molar refractivity (Wildman–Crippen MR) is 74.6 cm³/mol. The summed E-state index contributed by atoms with van der Waals surface area (Å²) >= 11 is 0. The molecule has 2 rings (SSSR count). The summed E-state index contributed by atoms with van der Waals surface area (Å²) in [6.45, 7) is 6.24. The highest BCUT2D eigenvalue weighted by molar-refractivity contribution is 5.92. The average molecular weight is 264 g/mol. The molecule has 104 valence electrons. The summed E-state index contributed by atoms with van der Waals surface area (Å²) in [6.07, 6.45) is 2.38. The highest BCUT2D eigenvalue weighted by atomic mass is 19.1. The van der Waals surface area contributed by atoms with Gasteiger partial charge in [0.05, 0.1) is 6.54 Å². The van der Waals surface area contributed by atoms with Gasteiger partial charge in [-0.15, -0.1) is 0 Å². The molecule has 1 atom stereocenters. The van der Waals surface area contributed by atoms with Gasteiger partial charge in [-0.25, -0.2) is 4.39 Å². The van der Waals surface area contributed by atoms with Crippen molar-refractivity contribution in [2.45, 2.75) is 26.7 Å². The third kappa shape index (κ3) is 4.03. The summed E-state index contributed by atoms with van der Waals surface area (Å²) in [5.74, 6) is 0.292. The number of halogens is 1. The second-order valence-electron chi connectivity index (χ2n) is 5.49. The lowest BCUT2D eigenvalue weighted by molar-refractivity contribution is -0.117. The van der Waals surface area contributed by atoms with Crippen molar-refractivity contribution >= 4 is 11.6 Å². The van der Waals surface area contributed by atoms with Crippen LogP contribution in [-0.2, 0) is 4.79 Å². The zero-order valence-corrected chi connectivity index (χ0v) is 11.6. The summed E-state index contributed by atoms with van der Waals surface area (Å²) in [6, 6.07) is 4.77. The standard InChI is InChI=1S/C15H21FN2O/c1-11-4-3-7-18(9-11)10-15(19)17-13-6-5-12(2)14(16)8-13/h5-6,8,11H,3-4,7,9-10H2,1-2H3,(H,17,19)/t11-/m0/s1. The van der Waals surface area contributed by atoms with Gasteiger partial charge in [0.2, 0.25) is 5.91 Å². The van der Waals surface area contributed by atoms with Crippen LogP contribution in [0.3, 0.4) is 0 Å². The molecule has 0 aliphatic carbocycles. The van der Waals surface area contributed by atoms with Crippen molar-refractivity contribution in [2.24, 2.45) is 5.92 Å². The predicted octanol–water partition coefficient (Wildman–Crippen LogP) is 2.80. The molecule has 1 heterocycles. The van der Waals surface area contributed by atoms with Crippen LogP contribution in [0, 0.1) is 18.7 Å². The Morgan fingerprint density at radius 3 is 3.00 bits per heavy atom. The molecule has 1 fully saturated rings. The Balaban J connectivity index is 1.88. The van der Waals surface area contributed by atoms with E-state index in [1.165, 1.54) is 12.5 Å². The maximum absolute atomic E-state index is 13.4. The highest BCUT2D eigenvalue weighted by Crippen LogP contribution is 2.16. The Kier molecular flexibility index (Phi) is 4.53. The van der Waals surface area contributed by atoms with E-state index in [-0.39, 0.29) is 11.7 Å². The summed E-state index contributed by atoms with van der Waals surface area (Å²) in [5.41, 5.74) is 1.11. The Morgan fingerprint density at radius 1 is 1.53 bits per heavy atom. The minimum Gasteiger partial charge on any atom is -0.325 e. The summed E-state index contributed by atoms with van der Waals surface area (Å²) in [4.78, 5) is 14.1. The molecule has 0 unspecified atom stereocenters. The van der Waals surface area contributed by atoms with E-state index in [4.69, 9.17) is 0 Å². The molecule has 1 amide bonds. The fraction of sp³-hybridized carbons (Fsp3) is 0.533. The number of carbonyl (C=O) groups excluding carboxylic acids is 1. The van der Waals surface area contributed by atoms with Crippen molar-refractivity contribution in [3.8, 4) is 0 Å². The molecule has 0 bridgehead atoms. The highest BCUT2D eigenvalue weighted by Gasteiger charge is 2.18. The van der Waals surface area contributed by atoms with Gasteiger partial charge in [-0.3, -0.25) is 9.69 Å². The third-order valence-corrected chi connectivity index (χ3v) is 3.56. The molecule has 1 saturated heterocycles. The van der Waals surface area contributed by atoms with Crippen molar-refractivity contribution in [2.75, 3.05) is 25.0 Å². The van der Waals surface area contributed by atoms with E-state index in [2.05, 4.69) is 17.1 Å². The maximum atomic E-state index is 13.4. The molecule has 4 heteroatoms. The summed E-state index contributed by atoms with van der Waals surface area (Å²) in [5, 5.41) is 2.75. The molecule has 0 aromatic heterocycles. The molecule has 19 heavy (non-hydrogen) atoms. The van der Waals surface area contributed by atoms with Crippen molar-refractivity contribution < 1.29 is 9.18 Å². The van der Waals surface area contributed by atoms with Crippen LogP contribution < -0.4 is 5.32 Å². The second-order valence-corrected chi connectivity index (χ2v) is 5.49. The quantitative estimate of drug-likeness (QED) is 0.910. The van der Waals surface area contributed by atoms with Crippen LogP contribution in [0.25, 0.3) is 0 Å². The van der Waals surface area contributed by atoms with Crippen molar-refractivity contribution in [1.29, 1.82) is 0 Å². The molecule has 0 radical (unpaired) electrons. The number of nitrogens with one attached hydrogen (secondary N) is 1. The number of nitrogens with zero attached hydrogens (tertiary/aromatic N) is 1. The molecule has 0 saturated carbocycles. The molecular weight excluding hydrogens is 243 g/mol. The molecule has 0 spiro atoms. The topological polar surface area (TPSA) is 32.3 Å². The lowest BCUT2D eigenvalue weighted by atomic mass is 10.0. The molecule has 1 aromatic carbocycles. The number of benzene rings is 1. The van der Waals surface area contributed by atoms with E-state index in [9.17, 15) is 9.18 Å². The lowest BCUT2D eigenvalue weighted by Gasteiger charge is -2.30. The van der Waals surface area contributed by atoms with Gasteiger partial charge in [0.15, 0.2) is 0 Å². The molecule has 3 nitrogen and oxygen atoms in total. The zero-order chi connectivity index (χ0) is 13.8. The number of hydrogen-bond acceptors (Lipinski definition) is 2. The Morgan fingerprint density at radius 2 is 2.32 bits per heavy atom. The van der Waals surface area contributed by atoms with E-state index in [0.717, 1.165) is 19.5 Å². The summed E-state index contributed by atoms with van der Waals surface area (Å²) in [7, 11) is 0. The Bertz CT molecular complexity index is 461. The number of rotatable bonds is 3. The molecule has 1 aromatic rings. The van der Waals surface area contributed by atoms with Crippen LogP contribution in [0.1, 0.15) is 25.3 Å². The SMILES string of the molecule is Cc1ccc(NC(=O)CN2CCC[C@H](C)C2)cc1F. The van der Waals surface area contributed by atoms with E-state index >= 15 is 0 Å². The van der Waals surface area contributed by atoms with E-state index in [0.29, 0.717) is 23.7 Å². The molecule has 1 N–H and O–H groups in total. The van der Waals surface area contributed by atoms with Gasteiger partial charge in [0.25, 0.3) is 0 Å². The molecular formula is C15H21FN2O. The summed E-state index contributed by atoms with van der Waals surface area (Å²) < 4.78 is 13.4.